The molecular formula is C17H25BrFN. The minimum absolute atomic E-state index is 0.187. The van der Waals surface area contributed by atoms with Gasteiger partial charge in [-0.3, -0.25) is 0 Å². The lowest BCUT2D eigenvalue weighted by Gasteiger charge is -2.39. The molecule has 1 aromatic carbocycles. The fraction of sp³-hybridized carbons (Fsp3) is 0.647. The van der Waals surface area contributed by atoms with Crippen LogP contribution in [-0.2, 0) is 0 Å². The van der Waals surface area contributed by atoms with E-state index in [0.717, 1.165) is 0 Å². The van der Waals surface area contributed by atoms with Gasteiger partial charge >= 0.3 is 0 Å². The largest absolute Gasteiger partial charge is 0.313 e. The van der Waals surface area contributed by atoms with Crippen LogP contribution in [0, 0.1) is 17.2 Å². The van der Waals surface area contributed by atoms with E-state index in [-0.39, 0.29) is 5.82 Å². The average molecular weight is 342 g/mol. The van der Waals surface area contributed by atoms with Crippen molar-refractivity contribution in [3.05, 3.63) is 34.1 Å². The van der Waals surface area contributed by atoms with Crippen LogP contribution in [0.2, 0.25) is 0 Å². The van der Waals surface area contributed by atoms with E-state index < -0.39 is 0 Å². The van der Waals surface area contributed by atoms with Crippen molar-refractivity contribution >= 4 is 15.9 Å². The van der Waals surface area contributed by atoms with E-state index in [9.17, 15) is 4.39 Å². The summed E-state index contributed by atoms with van der Waals surface area (Å²) in [6.45, 7) is 4.60. The molecule has 2 rings (SSSR count). The van der Waals surface area contributed by atoms with Crippen molar-refractivity contribution in [2.24, 2.45) is 11.3 Å². The Morgan fingerprint density at radius 3 is 2.45 bits per heavy atom. The van der Waals surface area contributed by atoms with Crippen LogP contribution in [0.4, 0.5) is 4.39 Å². The van der Waals surface area contributed by atoms with Gasteiger partial charge < -0.3 is 5.32 Å². The summed E-state index contributed by atoms with van der Waals surface area (Å²) in [7, 11) is 2.03. The van der Waals surface area contributed by atoms with Gasteiger partial charge in [0, 0.05) is 6.04 Å². The summed E-state index contributed by atoms with van der Waals surface area (Å²) >= 11 is 3.32. The molecule has 0 aromatic heterocycles. The summed E-state index contributed by atoms with van der Waals surface area (Å²) < 4.78 is 14.0. The Balaban J connectivity index is 2.35. The highest BCUT2D eigenvalue weighted by molar-refractivity contribution is 9.10. The highest BCUT2D eigenvalue weighted by Crippen LogP contribution is 2.51. The molecule has 1 fully saturated rings. The van der Waals surface area contributed by atoms with E-state index in [1.807, 2.05) is 19.2 Å². The molecule has 1 unspecified atom stereocenters. The highest BCUT2D eigenvalue weighted by atomic mass is 79.9. The van der Waals surface area contributed by atoms with Gasteiger partial charge in [0.05, 0.1) is 4.47 Å². The summed E-state index contributed by atoms with van der Waals surface area (Å²) in [6, 6.07) is 5.75. The van der Waals surface area contributed by atoms with Gasteiger partial charge in [-0.25, -0.2) is 4.39 Å². The minimum atomic E-state index is -0.187. The second-order valence-corrected chi connectivity index (χ2v) is 7.42. The summed E-state index contributed by atoms with van der Waals surface area (Å²) in [5.74, 6) is 0.501. The maximum Gasteiger partial charge on any atom is 0.137 e. The molecule has 0 amide bonds. The molecule has 1 aromatic rings. The first kappa shape index (κ1) is 16.0. The molecular weight excluding hydrogens is 317 g/mol. The van der Waals surface area contributed by atoms with Crippen molar-refractivity contribution in [1.29, 1.82) is 0 Å². The van der Waals surface area contributed by atoms with Crippen molar-refractivity contribution in [3.8, 4) is 0 Å². The van der Waals surface area contributed by atoms with Crippen LogP contribution in [0.15, 0.2) is 22.7 Å². The summed E-state index contributed by atoms with van der Waals surface area (Å²) in [5, 5.41) is 3.51. The van der Waals surface area contributed by atoms with Crippen LogP contribution >= 0.6 is 15.9 Å². The van der Waals surface area contributed by atoms with Crippen LogP contribution in [-0.4, -0.2) is 7.05 Å². The molecule has 0 spiro atoms. The van der Waals surface area contributed by atoms with Gasteiger partial charge in [-0.05, 0) is 71.3 Å². The molecule has 0 bridgehead atoms. The van der Waals surface area contributed by atoms with Gasteiger partial charge in [0.25, 0.3) is 0 Å². The molecule has 20 heavy (non-hydrogen) atoms. The van der Waals surface area contributed by atoms with Crippen molar-refractivity contribution in [2.75, 3.05) is 7.05 Å². The fourth-order valence-corrected chi connectivity index (χ4v) is 4.42. The second kappa shape index (κ2) is 6.57. The first-order valence-corrected chi connectivity index (χ1v) is 8.40. The summed E-state index contributed by atoms with van der Waals surface area (Å²) in [6.07, 6.45) is 6.39. The molecule has 1 N–H and O–H groups in total. The van der Waals surface area contributed by atoms with Crippen LogP contribution in [0.3, 0.4) is 0 Å². The third-order valence-corrected chi connectivity index (χ3v) is 5.20. The van der Waals surface area contributed by atoms with Crippen molar-refractivity contribution in [3.63, 3.8) is 0 Å². The molecule has 112 valence electrons. The van der Waals surface area contributed by atoms with E-state index in [1.54, 1.807) is 6.07 Å². The zero-order chi connectivity index (χ0) is 14.8. The summed E-state index contributed by atoms with van der Waals surface area (Å²) in [4.78, 5) is 0. The molecule has 0 heterocycles. The molecule has 1 nitrogen and oxygen atoms in total. The van der Waals surface area contributed by atoms with E-state index >= 15 is 0 Å². The van der Waals surface area contributed by atoms with Gasteiger partial charge in [-0.1, -0.05) is 32.8 Å². The van der Waals surface area contributed by atoms with E-state index in [2.05, 4.69) is 35.1 Å². The van der Waals surface area contributed by atoms with Crippen LogP contribution in [0.1, 0.15) is 57.6 Å². The lowest BCUT2D eigenvalue weighted by molar-refractivity contribution is 0.161. The number of benzene rings is 1. The lowest BCUT2D eigenvalue weighted by atomic mass is 9.70. The van der Waals surface area contributed by atoms with E-state index in [4.69, 9.17) is 0 Å². The van der Waals surface area contributed by atoms with Gasteiger partial charge in [0.1, 0.15) is 5.82 Å². The smallest absolute Gasteiger partial charge is 0.137 e. The van der Waals surface area contributed by atoms with Crippen molar-refractivity contribution in [2.45, 2.75) is 52.0 Å². The first-order chi connectivity index (χ1) is 9.48. The summed E-state index contributed by atoms with van der Waals surface area (Å²) in [5.41, 5.74) is 1.52. The zero-order valence-corrected chi connectivity index (χ0v) is 14.3. The quantitative estimate of drug-likeness (QED) is 0.750. The van der Waals surface area contributed by atoms with E-state index in [0.29, 0.717) is 21.8 Å². The van der Waals surface area contributed by atoms with Crippen LogP contribution in [0.25, 0.3) is 0 Å². The lowest BCUT2D eigenvalue weighted by Crippen LogP contribution is -2.35. The number of rotatable bonds is 5. The minimum Gasteiger partial charge on any atom is -0.313 e. The monoisotopic (exact) mass is 341 g/mol. The van der Waals surface area contributed by atoms with Crippen LogP contribution < -0.4 is 5.32 Å². The predicted molar refractivity (Wildman–Crippen MR) is 86.3 cm³/mol. The second-order valence-electron chi connectivity index (χ2n) is 6.56. The topological polar surface area (TPSA) is 12.0 Å². The molecule has 1 atom stereocenters. The number of halogens is 2. The standard InChI is InChI=1S/C17H25BrFN/c1-12(2)11-17(8-4-5-9-17)16(20-3)13-6-7-15(19)14(18)10-13/h6-7,10,12,16,20H,4-5,8-9,11H2,1-3H3. The molecule has 1 saturated carbocycles. The van der Waals surface area contributed by atoms with Crippen molar-refractivity contribution in [1.82, 2.24) is 5.32 Å². The zero-order valence-electron chi connectivity index (χ0n) is 12.7. The van der Waals surface area contributed by atoms with Crippen LogP contribution in [0.5, 0.6) is 0 Å². The Kier molecular flexibility index (Phi) is 5.25. The Morgan fingerprint density at radius 2 is 1.95 bits per heavy atom. The van der Waals surface area contributed by atoms with Gasteiger partial charge in [0.15, 0.2) is 0 Å². The molecule has 3 heteroatoms. The van der Waals surface area contributed by atoms with Gasteiger partial charge in [-0.15, -0.1) is 0 Å². The number of hydrogen-bond acceptors (Lipinski definition) is 1. The molecule has 1 aliphatic rings. The SMILES string of the molecule is CNC(c1ccc(F)c(Br)c1)C1(CC(C)C)CCCC1. The Bertz CT molecular complexity index is 452. The number of nitrogens with one attached hydrogen (secondary N) is 1. The third kappa shape index (κ3) is 3.25. The Hall–Kier alpha value is -0.410. The molecule has 1 aliphatic carbocycles. The maximum absolute atomic E-state index is 13.5. The Labute approximate surface area is 130 Å². The highest BCUT2D eigenvalue weighted by Gasteiger charge is 2.41. The fourth-order valence-electron chi connectivity index (χ4n) is 4.02. The number of hydrogen-bond donors (Lipinski definition) is 1. The Morgan fingerprint density at radius 1 is 1.30 bits per heavy atom. The maximum atomic E-state index is 13.5. The normalized spacial score (nSPS) is 19.5. The third-order valence-electron chi connectivity index (χ3n) is 4.59. The van der Waals surface area contributed by atoms with Gasteiger partial charge in [0.2, 0.25) is 0 Å². The van der Waals surface area contributed by atoms with E-state index in [1.165, 1.54) is 37.7 Å². The molecule has 0 saturated heterocycles. The first-order valence-electron chi connectivity index (χ1n) is 7.61. The average Bonchev–Trinajstić information content (AvgIpc) is 2.83. The molecule has 0 aliphatic heterocycles. The predicted octanol–water partition coefficient (Wildman–Crippen LogP) is 5.46. The molecule has 0 radical (unpaired) electrons. The van der Waals surface area contributed by atoms with Gasteiger partial charge in [-0.2, -0.15) is 0 Å². The van der Waals surface area contributed by atoms with Crippen molar-refractivity contribution < 1.29 is 4.39 Å².